The molecule has 2 fully saturated rings. The summed E-state index contributed by atoms with van der Waals surface area (Å²) in [5.74, 6) is 2.82. The van der Waals surface area contributed by atoms with Crippen molar-refractivity contribution < 1.29 is 0 Å². The van der Waals surface area contributed by atoms with Crippen molar-refractivity contribution in [3.63, 3.8) is 0 Å². The highest BCUT2D eigenvalue weighted by molar-refractivity contribution is 5.76. The van der Waals surface area contributed by atoms with Crippen molar-refractivity contribution in [3.05, 3.63) is 30.7 Å². The average Bonchev–Trinajstić information content (AvgIpc) is 2.98. The molecule has 2 aromatic heterocycles. The van der Waals surface area contributed by atoms with Gasteiger partial charge in [0.1, 0.15) is 17.8 Å². The zero-order valence-electron chi connectivity index (χ0n) is 15.2. The fourth-order valence-electron chi connectivity index (χ4n) is 3.85. The average molecular weight is 353 g/mol. The van der Waals surface area contributed by atoms with Gasteiger partial charge in [0.25, 0.3) is 0 Å². The second-order valence-corrected chi connectivity index (χ2v) is 7.00. The minimum atomic E-state index is 0.723. The van der Waals surface area contributed by atoms with Crippen LogP contribution in [-0.2, 0) is 0 Å². The second kappa shape index (κ2) is 7.76. The quantitative estimate of drug-likeness (QED) is 0.906. The molecule has 0 radical (unpaired) electrons. The fourth-order valence-corrected chi connectivity index (χ4v) is 3.85. The Kier molecular flexibility index (Phi) is 5.04. The molecule has 2 aliphatic rings. The van der Waals surface area contributed by atoms with Crippen molar-refractivity contribution in [1.82, 2.24) is 15.0 Å². The summed E-state index contributed by atoms with van der Waals surface area (Å²) in [5.41, 5.74) is 7.23. The number of nitrogens with two attached hydrogens (primary N) is 1. The Labute approximate surface area is 154 Å². The molecule has 0 bridgehead atoms. The molecule has 2 aliphatic heterocycles. The van der Waals surface area contributed by atoms with Crippen molar-refractivity contribution >= 4 is 23.1 Å². The number of hydrogen-bond acceptors (Lipinski definition) is 7. The van der Waals surface area contributed by atoms with Crippen LogP contribution in [0.3, 0.4) is 0 Å². The molecule has 7 nitrogen and oxygen atoms in total. The van der Waals surface area contributed by atoms with Gasteiger partial charge in [-0.25, -0.2) is 15.0 Å². The lowest BCUT2D eigenvalue weighted by atomic mass is 10.2. The highest BCUT2D eigenvalue weighted by Gasteiger charge is 2.23. The summed E-state index contributed by atoms with van der Waals surface area (Å²) in [6, 6.07) is 6.04. The molecule has 0 spiro atoms. The van der Waals surface area contributed by atoms with Gasteiger partial charge in [0.05, 0.1) is 0 Å². The molecular formula is C19H27N7. The molecule has 26 heavy (non-hydrogen) atoms. The van der Waals surface area contributed by atoms with E-state index in [1.165, 1.54) is 25.7 Å². The lowest BCUT2D eigenvalue weighted by molar-refractivity contribution is 0.641. The topological polar surface area (TPSA) is 74.4 Å². The van der Waals surface area contributed by atoms with Gasteiger partial charge in [0.2, 0.25) is 0 Å². The zero-order chi connectivity index (χ0) is 17.8. The highest BCUT2D eigenvalue weighted by Crippen LogP contribution is 2.31. The summed E-state index contributed by atoms with van der Waals surface area (Å²) in [4.78, 5) is 20.4. The minimum absolute atomic E-state index is 0.723. The maximum Gasteiger partial charge on any atom is 0.157 e. The Morgan fingerprint density at radius 2 is 1.31 bits per heavy atom. The van der Waals surface area contributed by atoms with E-state index in [1.54, 1.807) is 6.33 Å². The Morgan fingerprint density at radius 1 is 0.692 bits per heavy atom. The van der Waals surface area contributed by atoms with Gasteiger partial charge in [-0.2, -0.15) is 0 Å². The normalized spacial score (nSPS) is 18.7. The van der Waals surface area contributed by atoms with Gasteiger partial charge in [-0.15, -0.1) is 0 Å². The van der Waals surface area contributed by atoms with Crippen molar-refractivity contribution in [1.29, 1.82) is 0 Å². The van der Waals surface area contributed by atoms with E-state index in [2.05, 4.69) is 35.7 Å². The molecule has 0 aromatic carbocycles. The molecule has 2 aromatic rings. The SMILES string of the molecule is Nc1c(N2CCCCCC2)ncnc1N1CCN(c2ccccn2)CC1. The molecule has 2 saturated heterocycles. The summed E-state index contributed by atoms with van der Waals surface area (Å²) < 4.78 is 0. The molecular weight excluding hydrogens is 326 g/mol. The van der Waals surface area contributed by atoms with Gasteiger partial charge < -0.3 is 20.4 Å². The van der Waals surface area contributed by atoms with Crippen LogP contribution in [-0.4, -0.2) is 54.2 Å². The maximum absolute atomic E-state index is 6.51. The van der Waals surface area contributed by atoms with Crippen molar-refractivity contribution in [2.75, 3.05) is 59.7 Å². The van der Waals surface area contributed by atoms with Crippen molar-refractivity contribution in [2.24, 2.45) is 0 Å². The largest absolute Gasteiger partial charge is 0.393 e. The third kappa shape index (κ3) is 3.52. The summed E-state index contributed by atoms with van der Waals surface area (Å²) in [6.07, 6.45) is 8.52. The van der Waals surface area contributed by atoms with Crippen LogP contribution in [0.5, 0.6) is 0 Å². The van der Waals surface area contributed by atoms with Gasteiger partial charge in [-0.3, -0.25) is 0 Å². The second-order valence-electron chi connectivity index (χ2n) is 7.00. The van der Waals surface area contributed by atoms with Gasteiger partial charge in [0, 0.05) is 45.5 Å². The van der Waals surface area contributed by atoms with Crippen LogP contribution in [0, 0.1) is 0 Å². The number of anilines is 4. The first-order valence-corrected chi connectivity index (χ1v) is 9.59. The fraction of sp³-hybridized carbons (Fsp3) is 0.526. The summed E-state index contributed by atoms with van der Waals surface area (Å²) >= 11 is 0. The number of pyridine rings is 1. The number of nitrogen functional groups attached to an aromatic ring is 1. The van der Waals surface area contributed by atoms with E-state index in [0.717, 1.165) is 62.4 Å². The Morgan fingerprint density at radius 3 is 1.92 bits per heavy atom. The zero-order valence-corrected chi connectivity index (χ0v) is 15.2. The highest BCUT2D eigenvalue weighted by atomic mass is 15.3. The smallest absolute Gasteiger partial charge is 0.157 e. The monoisotopic (exact) mass is 353 g/mol. The number of hydrogen-bond donors (Lipinski definition) is 1. The summed E-state index contributed by atoms with van der Waals surface area (Å²) in [7, 11) is 0. The summed E-state index contributed by atoms with van der Waals surface area (Å²) in [5, 5.41) is 0. The van der Waals surface area contributed by atoms with Crippen LogP contribution in [0.4, 0.5) is 23.1 Å². The first kappa shape index (κ1) is 16.9. The molecule has 7 heteroatoms. The molecule has 4 rings (SSSR count). The lowest BCUT2D eigenvalue weighted by Gasteiger charge is -2.36. The molecule has 0 atom stereocenters. The Hall–Kier alpha value is -2.57. The molecule has 138 valence electrons. The van der Waals surface area contributed by atoms with E-state index in [-0.39, 0.29) is 0 Å². The van der Waals surface area contributed by atoms with Crippen LogP contribution in [0.1, 0.15) is 25.7 Å². The van der Waals surface area contributed by atoms with Crippen LogP contribution >= 0.6 is 0 Å². The van der Waals surface area contributed by atoms with Gasteiger partial charge >= 0.3 is 0 Å². The van der Waals surface area contributed by atoms with Crippen LogP contribution in [0.25, 0.3) is 0 Å². The van der Waals surface area contributed by atoms with Gasteiger partial charge in [-0.1, -0.05) is 18.9 Å². The van der Waals surface area contributed by atoms with E-state index >= 15 is 0 Å². The van der Waals surface area contributed by atoms with Gasteiger partial charge in [-0.05, 0) is 25.0 Å². The van der Waals surface area contributed by atoms with E-state index in [9.17, 15) is 0 Å². The Balaban J connectivity index is 1.47. The molecule has 0 unspecified atom stereocenters. The van der Waals surface area contributed by atoms with E-state index in [1.807, 2.05) is 18.3 Å². The number of rotatable bonds is 3. The first-order chi connectivity index (χ1) is 12.8. The van der Waals surface area contributed by atoms with E-state index in [0.29, 0.717) is 0 Å². The predicted octanol–water partition coefficient (Wildman–Crippen LogP) is 2.16. The van der Waals surface area contributed by atoms with Gasteiger partial charge in [0.15, 0.2) is 11.6 Å². The maximum atomic E-state index is 6.51. The third-order valence-corrected chi connectivity index (χ3v) is 5.30. The van der Waals surface area contributed by atoms with Crippen LogP contribution in [0.15, 0.2) is 30.7 Å². The van der Waals surface area contributed by atoms with Crippen LogP contribution in [0.2, 0.25) is 0 Å². The summed E-state index contributed by atoms with van der Waals surface area (Å²) in [6.45, 7) is 5.68. The van der Waals surface area contributed by atoms with Crippen LogP contribution < -0.4 is 20.4 Å². The molecule has 2 N–H and O–H groups in total. The molecule has 0 saturated carbocycles. The molecule has 0 amide bonds. The standard InChI is InChI=1S/C19H27N7/c20-17-18(25-9-5-1-2-6-10-25)22-15-23-19(17)26-13-11-24(12-14-26)16-7-3-4-8-21-16/h3-4,7-8,15H,1-2,5-6,9-14,20H2. The number of piperazine rings is 1. The lowest BCUT2D eigenvalue weighted by Crippen LogP contribution is -2.47. The van der Waals surface area contributed by atoms with E-state index < -0.39 is 0 Å². The molecule has 0 aliphatic carbocycles. The van der Waals surface area contributed by atoms with Crippen molar-refractivity contribution in [2.45, 2.75) is 25.7 Å². The minimum Gasteiger partial charge on any atom is -0.393 e. The third-order valence-electron chi connectivity index (χ3n) is 5.30. The van der Waals surface area contributed by atoms with E-state index in [4.69, 9.17) is 5.73 Å². The number of nitrogens with zero attached hydrogens (tertiary/aromatic N) is 6. The first-order valence-electron chi connectivity index (χ1n) is 9.59. The predicted molar refractivity (Wildman–Crippen MR) is 106 cm³/mol. The Bertz CT molecular complexity index is 705. The molecule has 4 heterocycles. The van der Waals surface area contributed by atoms with Crippen molar-refractivity contribution in [3.8, 4) is 0 Å². The number of aromatic nitrogens is 3.